The fourth-order valence-electron chi connectivity index (χ4n) is 1.84. The average molecular weight is 283 g/mol. The van der Waals surface area contributed by atoms with Crippen molar-refractivity contribution in [3.05, 3.63) is 57.3 Å². The number of hydrogen-bond acceptors (Lipinski definition) is 3. The van der Waals surface area contributed by atoms with Crippen LogP contribution in [0.1, 0.15) is 22.8 Å². The van der Waals surface area contributed by atoms with Crippen molar-refractivity contribution >= 4 is 11.3 Å². The van der Waals surface area contributed by atoms with Crippen LogP contribution < -0.4 is 5.32 Å². The molecule has 0 bridgehead atoms. The number of benzene rings is 1. The molecule has 0 spiro atoms. The van der Waals surface area contributed by atoms with Crippen LogP contribution >= 0.6 is 11.3 Å². The lowest BCUT2D eigenvalue weighted by Gasteiger charge is -2.13. The number of rotatable bonds is 5. The molecule has 0 aliphatic heterocycles. The standard InChI is InChI=1S/C14H15F2NOS/c1-9-7-19-8-10(9)5-17-6-13(18)14-11(15)3-2-4-12(14)16/h2-4,7-8,13,17-18H,5-6H2,1H3. The van der Waals surface area contributed by atoms with E-state index in [4.69, 9.17) is 0 Å². The number of hydrogen-bond donors (Lipinski definition) is 2. The van der Waals surface area contributed by atoms with Gasteiger partial charge in [0.2, 0.25) is 0 Å². The smallest absolute Gasteiger partial charge is 0.131 e. The van der Waals surface area contributed by atoms with Crippen LogP contribution in [0.3, 0.4) is 0 Å². The summed E-state index contributed by atoms with van der Waals surface area (Å²) in [5, 5.41) is 16.9. The van der Waals surface area contributed by atoms with E-state index in [9.17, 15) is 13.9 Å². The van der Waals surface area contributed by atoms with Gasteiger partial charge in [-0.15, -0.1) is 0 Å². The van der Waals surface area contributed by atoms with Gasteiger partial charge in [-0.05, 0) is 40.9 Å². The van der Waals surface area contributed by atoms with E-state index in [0.29, 0.717) is 6.54 Å². The maximum atomic E-state index is 13.4. The van der Waals surface area contributed by atoms with E-state index < -0.39 is 17.7 Å². The molecule has 0 saturated carbocycles. The third-order valence-corrected chi connectivity index (χ3v) is 3.86. The molecule has 1 aromatic heterocycles. The van der Waals surface area contributed by atoms with Gasteiger partial charge in [0.1, 0.15) is 11.6 Å². The van der Waals surface area contributed by atoms with E-state index in [1.165, 1.54) is 11.6 Å². The van der Waals surface area contributed by atoms with Crippen LogP contribution in [0.25, 0.3) is 0 Å². The molecule has 2 rings (SSSR count). The summed E-state index contributed by atoms with van der Waals surface area (Å²) in [6.45, 7) is 2.68. The van der Waals surface area contributed by atoms with Gasteiger partial charge in [-0.25, -0.2) is 8.78 Å². The minimum Gasteiger partial charge on any atom is -0.387 e. The van der Waals surface area contributed by atoms with Crippen LogP contribution in [-0.4, -0.2) is 11.7 Å². The van der Waals surface area contributed by atoms with Crippen LogP contribution in [0.4, 0.5) is 8.78 Å². The highest BCUT2D eigenvalue weighted by Gasteiger charge is 2.17. The predicted molar refractivity (Wildman–Crippen MR) is 72.1 cm³/mol. The third-order valence-electron chi connectivity index (χ3n) is 2.95. The van der Waals surface area contributed by atoms with E-state index in [1.807, 2.05) is 17.7 Å². The molecule has 2 N–H and O–H groups in total. The summed E-state index contributed by atoms with van der Waals surface area (Å²) in [5.41, 5.74) is 2.02. The second-order valence-corrected chi connectivity index (χ2v) is 5.11. The van der Waals surface area contributed by atoms with E-state index in [1.54, 1.807) is 11.3 Å². The zero-order chi connectivity index (χ0) is 13.8. The predicted octanol–water partition coefficient (Wildman–Crippen LogP) is 3.16. The molecule has 1 heterocycles. The molecule has 0 radical (unpaired) electrons. The molecule has 0 amide bonds. The van der Waals surface area contributed by atoms with Gasteiger partial charge >= 0.3 is 0 Å². The molecule has 0 aliphatic carbocycles. The first-order valence-corrected chi connectivity index (χ1v) is 6.88. The lowest BCUT2D eigenvalue weighted by molar-refractivity contribution is 0.164. The quantitative estimate of drug-likeness (QED) is 0.883. The Morgan fingerprint density at radius 3 is 2.53 bits per heavy atom. The lowest BCUT2D eigenvalue weighted by atomic mass is 10.1. The molecule has 5 heteroatoms. The number of halogens is 2. The SMILES string of the molecule is Cc1cscc1CNCC(O)c1c(F)cccc1F. The maximum Gasteiger partial charge on any atom is 0.131 e. The van der Waals surface area contributed by atoms with E-state index in [2.05, 4.69) is 5.32 Å². The van der Waals surface area contributed by atoms with Gasteiger partial charge < -0.3 is 10.4 Å². The monoisotopic (exact) mass is 283 g/mol. The van der Waals surface area contributed by atoms with Crippen molar-refractivity contribution < 1.29 is 13.9 Å². The highest BCUT2D eigenvalue weighted by molar-refractivity contribution is 7.08. The highest BCUT2D eigenvalue weighted by Crippen LogP contribution is 2.20. The Kier molecular flexibility index (Phi) is 4.63. The molecule has 102 valence electrons. The topological polar surface area (TPSA) is 32.3 Å². The van der Waals surface area contributed by atoms with Gasteiger partial charge in [0.15, 0.2) is 0 Å². The molecule has 19 heavy (non-hydrogen) atoms. The summed E-state index contributed by atoms with van der Waals surface area (Å²) in [5.74, 6) is -1.44. The Bertz CT molecular complexity index is 536. The van der Waals surface area contributed by atoms with Crippen LogP contribution in [0, 0.1) is 18.6 Å². The molecule has 2 aromatic rings. The number of aliphatic hydroxyl groups excluding tert-OH is 1. The minimum atomic E-state index is -1.19. The molecule has 0 saturated heterocycles. The Morgan fingerprint density at radius 1 is 1.26 bits per heavy atom. The normalized spacial score (nSPS) is 12.6. The second-order valence-electron chi connectivity index (χ2n) is 4.36. The Morgan fingerprint density at radius 2 is 1.95 bits per heavy atom. The zero-order valence-corrected chi connectivity index (χ0v) is 11.3. The summed E-state index contributed by atoms with van der Waals surface area (Å²) in [7, 11) is 0. The summed E-state index contributed by atoms with van der Waals surface area (Å²) in [6, 6.07) is 3.57. The number of aliphatic hydroxyl groups is 1. The fraction of sp³-hybridized carbons (Fsp3) is 0.286. The van der Waals surface area contributed by atoms with Crippen LogP contribution in [0.2, 0.25) is 0 Å². The van der Waals surface area contributed by atoms with Gasteiger partial charge in [-0.1, -0.05) is 6.07 Å². The van der Waals surface area contributed by atoms with Crippen molar-refractivity contribution in [2.24, 2.45) is 0 Å². The minimum absolute atomic E-state index is 0.104. The first kappa shape index (κ1) is 14.1. The lowest BCUT2D eigenvalue weighted by Crippen LogP contribution is -2.22. The summed E-state index contributed by atoms with van der Waals surface area (Å²) >= 11 is 1.60. The van der Waals surface area contributed by atoms with Crippen molar-refractivity contribution in [3.63, 3.8) is 0 Å². The summed E-state index contributed by atoms with van der Waals surface area (Å²) in [4.78, 5) is 0. The van der Waals surface area contributed by atoms with Gasteiger partial charge in [0.25, 0.3) is 0 Å². The number of nitrogens with one attached hydrogen (secondary N) is 1. The van der Waals surface area contributed by atoms with Crippen molar-refractivity contribution in [1.82, 2.24) is 5.32 Å². The van der Waals surface area contributed by atoms with E-state index in [0.717, 1.165) is 17.7 Å². The van der Waals surface area contributed by atoms with Crippen LogP contribution in [0.15, 0.2) is 29.0 Å². The van der Waals surface area contributed by atoms with Crippen molar-refractivity contribution in [3.8, 4) is 0 Å². The average Bonchev–Trinajstić information content (AvgIpc) is 2.75. The molecule has 0 fully saturated rings. The zero-order valence-electron chi connectivity index (χ0n) is 10.5. The highest BCUT2D eigenvalue weighted by atomic mass is 32.1. The Labute approximate surface area is 114 Å². The first-order valence-electron chi connectivity index (χ1n) is 5.94. The number of thiophene rings is 1. The van der Waals surface area contributed by atoms with Crippen molar-refractivity contribution in [2.45, 2.75) is 19.6 Å². The molecular formula is C14H15F2NOS. The summed E-state index contributed by atoms with van der Waals surface area (Å²) < 4.78 is 26.9. The van der Waals surface area contributed by atoms with Crippen molar-refractivity contribution in [2.75, 3.05) is 6.54 Å². The molecule has 0 aliphatic rings. The van der Waals surface area contributed by atoms with Gasteiger partial charge in [0, 0.05) is 13.1 Å². The molecule has 1 atom stereocenters. The number of aryl methyl sites for hydroxylation is 1. The molecule has 2 nitrogen and oxygen atoms in total. The first-order chi connectivity index (χ1) is 9.09. The molecule has 1 unspecified atom stereocenters. The van der Waals surface area contributed by atoms with Crippen LogP contribution in [0.5, 0.6) is 0 Å². The largest absolute Gasteiger partial charge is 0.387 e. The fourth-order valence-corrected chi connectivity index (χ4v) is 2.70. The van der Waals surface area contributed by atoms with Gasteiger partial charge in [-0.2, -0.15) is 11.3 Å². The van der Waals surface area contributed by atoms with E-state index in [-0.39, 0.29) is 12.1 Å². The molecule has 1 aromatic carbocycles. The Hall–Kier alpha value is -1.30. The van der Waals surface area contributed by atoms with Crippen LogP contribution in [-0.2, 0) is 6.54 Å². The second kappa shape index (κ2) is 6.23. The molecular weight excluding hydrogens is 268 g/mol. The van der Waals surface area contributed by atoms with E-state index >= 15 is 0 Å². The Balaban J connectivity index is 1.95. The van der Waals surface area contributed by atoms with Gasteiger partial charge in [0.05, 0.1) is 11.7 Å². The van der Waals surface area contributed by atoms with Gasteiger partial charge in [-0.3, -0.25) is 0 Å². The van der Waals surface area contributed by atoms with Crippen molar-refractivity contribution in [1.29, 1.82) is 0 Å². The summed E-state index contributed by atoms with van der Waals surface area (Å²) in [6.07, 6.45) is -1.19. The third kappa shape index (κ3) is 3.37. The maximum absolute atomic E-state index is 13.4.